The summed E-state index contributed by atoms with van der Waals surface area (Å²) in [6.45, 7) is 2.01. The van der Waals surface area contributed by atoms with E-state index < -0.39 is 17.8 Å². The lowest BCUT2D eigenvalue weighted by Crippen LogP contribution is -2.29. The molecule has 1 fully saturated rings. The minimum Gasteiger partial charge on any atom is -0.465 e. The van der Waals surface area contributed by atoms with Crippen molar-refractivity contribution in [3.8, 4) is 11.3 Å². The predicted molar refractivity (Wildman–Crippen MR) is 146 cm³/mol. The molecule has 0 bridgehead atoms. The van der Waals surface area contributed by atoms with Crippen LogP contribution >= 0.6 is 0 Å². The standard InChI is InChI=1S/C29H29FN6O4/c1-34(2)16-23-19(17-8-11-40-12-9-17)4-6-25(33-23)32-22-5-3-20(21-15-36(29(38)39)28(37)27(21)22)24-14-31-26-13-18(30)7-10-35(24)26/h3-7,10,13-14,17H,8-9,11-12,15-16H2,1-2H3,(H,32,33)(H,38,39). The van der Waals surface area contributed by atoms with Gasteiger partial charge in [0.05, 0.1) is 35.4 Å². The zero-order valence-corrected chi connectivity index (χ0v) is 22.2. The summed E-state index contributed by atoms with van der Waals surface area (Å²) in [6.07, 6.45) is 3.72. The van der Waals surface area contributed by atoms with Crippen LogP contribution < -0.4 is 5.32 Å². The number of imidazole rings is 1. The van der Waals surface area contributed by atoms with Crippen molar-refractivity contribution in [3.05, 3.63) is 77.0 Å². The Morgan fingerprint density at radius 1 is 1.20 bits per heavy atom. The zero-order valence-electron chi connectivity index (χ0n) is 22.2. The summed E-state index contributed by atoms with van der Waals surface area (Å²) < 4.78 is 21.0. The summed E-state index contributed by atoms with van der Waals surface area (Å²) in [5, 5.41) is 13.0. The molecule has 0 saturated carbocycles. The number of imide groups is 1. The van der Waals surface area contributed by atoms with Crippen LogP contribution in [0.25, 0.3) is 16.9 Å². The third kappa shape index (κ3) is 4.67. The molecule has 0 radical (unpaired) electrons. The molecule has 0 unspecified atom stereocenters. The van der Waals surface area contributed by atoms with Crippen molar-refractivity contribution in [3.63, 3.8) is 0 Å². The Bertz CT molecular complexity index is 1630. The topological polar surface area (TPSA) is 112 Å². The molecule has 0 spiro atoms. The number of anilines is 2. The van der Waals surface area contributed by atoms with Crippen LogP contribution in [-0.4, -0.2) is 68.6 Å². The van der Waals surface area contributed by atoms with E-state index in [0.717, 1.165) is 36.6 Å². The van der Waals surface area contributed by atoms with Crippen molar-refractivity contribution in [2.45, 2.75) is 31.8 Å². The first-order valence-corrected chi connectivity index (χ1v) is 13.1. The molecular formula is C29H29FN6O4. The highest BCUT2D eigenvalue weighted by atomic mass is 19.1. The number of amides is 2. The fourth-order valence-corrected chi connectivity index (χ4v) is 5.60. The Kier molecular flexibility index (Phi) is 6.68. The van der Waals surface area contributed by atoms with Gasteiger partial charge in [0.1, 0.15) is 17.3 Å². The van der Waals surface area contributed by atoms with E-state index in [1.807, 2.05) is 26.2 Å². The number of carbonyl (C=O) groups is 2. The molecule has 5 heterocycles. The van der Waals surface area contributed by atoms with Gasteiger partial charge in [0.25, 0.3) is 5.91 Å². The molecule has 3 aromatic heterocycles. The first-order chi connectivity index (χ1) is 19.3. The summed E-state index contributed by atoms with van der Waals surface area (Å²) >= 11 is 0. The molecule has 0 atom stereocenters. The Morgan fingerprint density at radius 2 is 2.00 bits per heavy atom. The molecule has 1 aromatic carbocycles. The molecule has 11 heteroatoms. The van der Waals surface area contributed by atoms with E-state index in [4.69, 9.17) is 9.72 Å². The van der Waals surface area contributed by atoms with E-state index in [1.54, 1.807) is 22.9 Å². The summed E-state index contributed by atoms with van der Waals surface area (Å²) in [4.78, 5) is 37.4. The molecule has 2 N–H and O–H groups in total. The highest BCUT2D eigenvalue weighted by Gasteiger charge is 2.37. The number of nitrogens with one attached hydrogen (secondary N) is 1. The second kappa shape index (κ2) is 10.3. The van der Waals surface area contributed by atoms with Gasteiger partial charge in [-0.3, -0.25) is 9.20 Å². The van der Waals surface area contributed by atoms with Gasteiger partial charge in [0, 0.05) is 37.6 Å². The molecular weight excluding hydrogens is 515 g/mol. The second-order valence-electron chi connectivity index (χ2n) is 10.4. The van der Waals surface area contributed by atoms with Gasteiger partial charge in [-0.15, -0.1) is 0 Å². The van der Waals surface area contributed by atoms with Crippen LogP contribution in [0.15, 0.2) is 48.8 Å². The SMILES string of the molecule is CN(C)Cc1nc(Nc2ccc(-c3cnc4cc(F)ccn34)c3c2C(=O)N(C(=O)O)C3)ccc1C1CCOCC1. The first-order valence-electron chi connectivity index (χ1n) is 13.1. The fourth-order valence-electron chi connectivity index (χ4n) is 5.60. The molecule has 10 nitrogen and oxygen atoms in total. The number of ether oxygens (including phenoxy) is 1. The Labute approximate surface area is 230 Å². The predicted octanol–water partition coefficient (Wildman–Crippen LogP) is 4.87. The number of aromatic nitrogens is 3. The number of carbonyl (C=O) groups excluding carboxylic acids is 1. The fraction of sp³-hybridized carbons (Fsp3) is 0.310. The lowest BCUT2D eigenvalue weighted by atomic mass is 9.90. The first kappa shape index (κ1) is 25.9. The summed E-state index contributed by atoms with van der Waals surface area (Å²) in [6, 6.07) is 10.2. The van der Waals surface area contributed by atoms with Gasteiger partial charge in [0.15, 0.2) is 0 Å². The Morgan fingerprint density at radius 3 is 2.75 bits per heavy atom. The molecule has 2 amide bonds. The summed E-state index contributed by atoms with van der Waals surface area (Å²) in [7, 11) is 3.99. The van der Waals surface area contributed by atoms with Crippen LogP contribution in [0.3, 0.4) is 0 Å². The number of hydrogen-bond donors (Lipinski definition) is 2. The van der Waals surface area contributed by atoms with E-state index in [9.17, 15) is 19.1 Å². The largest absolute Gasteiger partial charge is 0.465 e. The van der Waals surface area contributed by atoms with Gasteiger partial charge >= 0.3 is 6.09 Å². The highest BCUT2D eigenvalue weighted by molar-refractivity contribution is 6.11. The molecule has 40 heavy (non-hydrogen) atoms. The Hall–Kier alpha value is -4.35. The van der Waals surface area contributed by atoms with E-state index >= 15 is 0 Å². The van der Waals surface area contributed by atoms with E-state index in [1.165, 1.54) is 17.7 Å². The van der Waals surface area contributed by atoms with Crippen molar-refractivity contribution in [2.24, 2.45) is 0 Å². The molecule has 2 aliphatic rings. The number of carboxylic acid groups (broad SMARTS) is 1. The number of fused-ring (bicyclic) bond motifs is 2. The van der Waals surface area contributed by atoms with Crippen LogP contribution in [0.5, 0.6) is 0 Å². The van der Waals surface area contributed by atoms with E-state index in [0.29, 0.717) is 46.4 Å². The average Bonchev–Trinajstić information content (AvgIpc) is 3.50. The quantitative estimate of drug-likeness (QED) is 0.354. The van der Waals surface area contributed by atoms with Gasteiger partial charge in [-0.2, -0.15) is 0 Å². The average molecular weight is 545 g/mol. The van der Waals surface area contributed by atoms with Crippen molar-refractivity contribution >= 4 is 29.2 Å². The van der Waals surface area contributed by atoms with E-state index in [2.05, 4.69) is 21.3 Å². The maximum atomic E-state index is 13.8. The number of nitrogens with zero attached hydrogens (tertiary/aromatic N) is 5. The number of benzene rings is 1. The zero-order chi connectivity index (χ0) is 28.0. The van der Waals surface area contributed by atoms with Crippen molar-refractivity contribution in [2.75, 3.05) is 32.6 Å². The van der Waals surface area contributed by atoms with E-state index in [-0.39, 0.29) is 12.1 Å². The van der Waals surface area contributed by atoms with Crippen LogP contribution in [0.1, 0.15) is 45.9 Å². The number of rotatable bonds is 6. The number of pyridine rings is 2. The highest BCUT2D eigenvalue weighted by Crippen LogP contribution is 2.39. The normalized spacial score (nSPS) is 15.7. The van der Waals surface area contributed by atoms with Crippen LogP contribution in [0.4, 0.5) is 20.7 Å². The van der Waals surface area contributed by atoms with Gasteiger partial charge < -0.3 is 20.1 Å². The van der Waals surface area contributed by atoms with Gasteiger partial charge in [-0.1, -0.05) is 12.1 Å². The lowest BCUT2D eigenvalue weighted by Gasteiger charge is -2.25. The molecule has 4 aromatic rings. The molecule has 2 aliphatic heterocycles. The molecule has 206 valence electrons. The minimum atomic E-state index is -1.33. The van der Waals surface area contributed by atoms with Gasteiger partial charge in [-0.05, 0) is 62.2 Å². The number of hydrogen-bond acceptors (Lipinski definition) is 7. The third-order valence-electron chi connectivity index (χ3n) is 7.47. The van der Waals surface area contributed by atoms with Crippen molar-refractivity contribution in [1.29, 1.82) is 0 Å². The minimum absolute atomic E-state index is 0.106. The Balaban J connectivity index is 1.41. The summed E-state index contributed by atoms with van der Waals surface area (Å²) in [5.74, 6) is -0.0856. The summed E-state index contributed by atoms with van der Waals surface area (Å²) in [5.41, 5.74) is 5.12. The van der Waals surface area contributed by atoms with Crippen LogP contribution in [0.2, 0.25) is 0 Å². The molecule has 6 rings (SSSR count). The maximum Gasteiger partial charge on any atom is 0.414 e. The van der Waals surface area contributed by atoms with Crippen molar-refractivity contribution < 1.29 is 23.8 Å². The van der Waals surface area contributed by atoms with Crippen LogP contribution in [0, 0.1) is 5.82 Å². The van der Waals surface area contributed by atoms with Crippen molar-refractivity contribution in [1.82, 2.24) is 24.2 Å². The smallest absolute Gasteiger partial charge is 0.414 e. The monoisotopic (exact) mass is 544 g/mol. The second-order valence-corrected chi connectivity index (χ2v) is 10.4. The molecule has 0 aliphatic carbocycles. The third-order valence-corrected chi connectivity index (χ3v) is 7.47. The molecule has 1 saturated heterocycles. The number of halogens is 1. The lowest BCUT2D eigenvalue weighted by molar-refractivity contribution is 0.0764. The maximum absolute atomic E-state index is 13.8. The van der Waals surface area contributed by atoms with Crippen LogP contribution in [-0.2, 0) is 17.8 Å². The van der Waals surface area contributed by atoms with Gasteiger partial charge in [0.2, 0.25) is 0 Å². The van der Waals surface area contributed by atoms with Gasteiger partial charge in [-0.25, -0.2) is 24.1 Å².